The highest BCUT2D eigenvalue weighted by Gasteiger charge is 2.12. The van der Waals surface area contributed by atoms with Crippen LogP contribution in [-0.4, -0.2) is 42.2 Å². The zero-order valence-electron chi connectivity index (χ0n) is 12.1. The van der Waals surface area contributed by atoms with Crippen LogP contribution in [0.3, 0.4) is 0 Å². The van der Waals surface area contributed by atoms with Gasteiger partial charge >= 0.3 is 0 Å². The predicted octanol–water partition coefficient (Wildman–Crippen LogP) is -0.336. The van der Waals surface area contributed by atoms with Crippen LogP contribution < -0.4 is 10.9 Å². The van der Waals surface area contributed by atoms with Gasteiger partial charge in [0.1, 0.15) is 18.1 Å². The lowest BCUT2D eigenvalue weighted by Crippen LogP contribution is -2.43. The summed E-state index contributed by atoms with van der Waals surface area (Å²) in [5.41, 5.74) is 5.69. The second kappa shape index (κ2) is 6.64. The van der Waals surface area contributed by atoms with Crippen molar-refractivity contribution in [3.63, 3.8) is 0 Å². The normalized spacial score (nSPS) is 10.4. The van der Waals surface area contributed by atoms with Crippen molar-refractivity contribution in [3.05, 3.63) is 48.2 Å². The maximum Gasteiger partial charge on any atom is 0.287 e. The summed E-state index contributed by atoms with van der Waals surface area (Å²) < 4.78 is 12.9. The third-order valence-electron chi connectivity index (χ3n) is 2.95. The fraction of sp³-hybridized carbons (Fsp3) is 0.0769. The van der Waals surface area contributed by atoms with Gasteiger partial charge in [-0.25, -0.2) is 4.39 Å². The molecule has 11 heteroatoms. The van der Waals surface area contributed by atoms with Crippen LogP contribution in [0.25, 0.3) is 11.3 Å². The minimum Gasteiger partial charge on any atom is -0.272 e. The van der Waals surface area contributed by atoms with Crippen LogP contribution in [0.5, 0.6) is 0 Å². The Bertz CT molecular complexity index is 843. The largest absolute Gasteiger partial charge is 0.287 e. The fourth-order valence-electron chi connectivity index (χ4n) is 1.83. The van der Waals surface area contributed by atoms with E-state index >= 15 is 0 Å². The molecule has 122 valence electrons. The molecule has 3 rings (SSSR count). The van der Waals surface area contributed by atoms with E-state index in [1.165, 1.54) is 24.5 Å². The third kappa shape index (κ3) is 3.58. The van der Waals surface area contributed by atoms with Crippen molar-refractivity contribution in [2.45, 2.75) is 6.54 Å². The average molecular weight is 330 g/mol. The number of halogens is 1. The van der Waals surface area contributed by atoms with E-state index in [2.05, 4.69) is 36.5 Å². The molecule has 1 aromatic carbocycles. The van der Waals surface area contributed by atoms with Gasteiger partial charge in [0.05, 0.1) is 5.69 Å². The van der Waals surface area contributed by atoms with E-state index in [0.29, 0.717) is 11.3 Å². The van der Waals surface area contributed by atoms with E-state index in [4.69, 9.17) is 0 Å². The van der Waals surface area contributed by atoms with Gasteiger partial charge in [0, 0.05) is 5.56 Å². The number of carbonyl (C=O) groups excluding carboxylic acids is 2. The fourth-order valence-corrected chi connectivity index (χ4v) is 1.83. The number of tetrazole rings is 1. The van der Waals surface area contributed by atoms with E-state index in [9.17, 15) is 14.0 Å². The molecule has 2 amide bonds. The minimum atomic E-state index is -0.587. The molecule has 0 aliphatic heterocycles. The second-order valence-electron chi connectivity index (χ2n) is 4.64. The number of hydrogen-bond acceptors (Lipinski definition) is 6. The Balaban J connectivity index is 1.57. The van der Waals surface area contributed by atoms with Gasteiger partial charge in [-0.15, -0.1) is 10.2 Å². The van der Waals surface area contributed by atoms with Gasteiger partial charge in [0.2, 0.25) is 0 Å². The van der Waals surface area contributed by atoms with E-state index in [-0.39, 0.29) is 18.1 Å². The van der Waals surface area contributed by atoms with Crippen LogP contribution in [0, 0.1) is 5.82 Å². The van der Waals surface area contributed by atoms with E-state index in [1.54, 1.807) is 12.1 Å². The average Bonchev–Trinajstić information content (AvgIpc) is 3.25. The predicted molar refractivity (Wildman–Crippen MR) is 77.4 cm³/mol. The summed E-state index contributed by atoms with van der Waals surface area (Å²) in [5.74, 6) is -1.48. The summed E-state index contributed by atoms with van der Waals surface area (Å²) in [7, 11) is 0. The number of rotatable bonds is 4. The van der Waals surface area contributed by atoms with Gasteiger partial charge in [0.25, 0.3) is 11.8 Å². The lowest BCUT2D eigenvalue weighted by molar-refractivity contribution is -0.122. The SMILES string of the molecule is O=C(Cn1ncnn1)NNC(=O)c1cc(-c2ccc(F)cc2)n[nH]1. The lowest BCUT2D eigenvalue weighted by Gasteiger charge is -2.04. The first-order valence-corrected chi connectivity index (χ1v) is 6.73. The van der Waals surface area contributed by atoms with Crippen LogP contribution in [-0.2, 0) is 11.3 Å². The van der Waals surface area contributed by atoms with Gasteiger partial charge in [-0.1, -0.05) is 0 Å². The molecular formula is C13H11FN8O2. The summed E-state index contributed by atoms with van der Waals surface area (Å²) >= 11 is 0. The molecule has 10 nitrogen and oxygen atoms in total. The molecule has 0 saturated carbocycles. The number of nitrogens with zero attached hydrogens (tertiary/aromatic N) is 5. The Labute approximate surface area is 134 Å². The number of nitrogens with one attached hydrogen (secondary N) is 3. The molecular weight excluding hydrogens is 319 g/mol. The van der Waals surface area contributed by atoms with Gasteiger partial charge in [-0.2, -0.15) is 9.90 Å². The number of aromatic nitrogens is 6. The van der Waals surface area contributed by atoms with Crippen molar-refractivity contribution in [3.8, 4) is 11.3 Å². The molecule has 0 unspecified atom stereocenters. The first kappa shape index (κ1) is 15.3. The Morgan fingerprint density at radius 3 is 2.71 bits per heavy atom. The summed E-state index contributed by atoms with van der Waals surface area (Å²) in [4.78, 5) is 24.6. The standard InChI is InChI=1S/C13H11FN8O2/c14-9-3-1-8(2-4-9)10-5-11(18-17-10)13(24)20-19-12(23)6-22-16-7-15-21-22/h1-5,7H,6H2,(H,17,18)(H,19,23)(H,20,24). The quantitative estimate of drug-likeness (QED) is 0.561. The molecule has 2 aromatic heterocycles. The number of hydrogen-bond donors (Lipinski definition) is 3. The first-order chi connectivity index (χ1) is 11.6. The van der Waals surface area contributed by atoms with Crippen molar-refractivity contribution in [2.75, 3.05) is 0 Å². The number of aromatic amines is 1. The topological polar surface area (TPSA) is 130 Å². The van der Waals surface area contributed by atoms with Crippen LogP contribution >= 0.6 is 0 Å². The van der Waals surface area contributed by atoms with Crippen LogP contribution in [0.4, 0.5) is 4.39 Å². The van der Waals surface area contributed by atoms with Crippen molar-refractivity contribution >= 4 is 11.8 Å². The number of carbonyl (C=O) groups is 2. The molecule has 2 heterocycles. The molecule has 0 fully saturated rings. The van der Waals surface area contributed by atoms with Gasteiger partial charge in [0.15, 0.2) is 6.33 Å². The molecule has 24 heavy (non-hydrogen) atoms. The third-order valence-corrected chi connectivity index (χ3v) is 2.95. The van der Waals surface area contributed by atoms with E-state index in [0.717, 1.165) is 4.80 Å². The first-order valence-electron chi connectivity index (χ1n) is 6.73. The molecule has 0 aliphatic rings. The molecule has 3 N–H and O–H groups in total. The monoisotopic (exact) mass is 330 g/mol. The Kier molecular flexibility index (Phi) is 4.23. The van der Waals surface area contributed by atoms with Crippen LogP contribution in [0.15, 0.2) is 36.7 Å². The van der Waals surface area contributed by atoms with Crippen molar-refractivity contribution in [1.29, 1.82) is 0 Å². The van der Waals surface area contributed by atoms with Gasteiger partial charge in [-0.3, -0.25) is 25.5 Å². The Hall–Kier alpha value is -3.63. The van der Waals surface area contributed by atoms with Crippen molar-refractivity contribution < 1.29 is 14.0 Å². The highest BCUT2D eigenvalue weighted by Crippen LogP contribution is 2.17. The van der Waals surface area contributed by atoms with Crippen molar-refractivity contribution in [2.24, 2.45) is 0 Å². The van der Waals surface area contributed by atoms with Crippen molar-refractivity contribution in [1.82, 2.24) is 41.3 Å². The number of amides is 2. The van der Waals surface area contributed by atoms with E-state index in [1.807, 2.05) is 0 Å². The zero-order valence-corrected chi connectivity index (χ0v) is 12.1. The van der Waals surface area contributed by atoms with Crippen LogP contribution in [0.2, 0.25) is 0 Å². The zero-order chi connectivity index (χ0) is 16.9. The number of hydrazine groups is 1. The number of H-pyrrole nitrogens is 1. The highest BCUT2D eigenvalue weighted by atomic mass is 19.1. The summed E-state index contributed by atoms with van der Waals surface area (Å²) in [6.45, 7) is -0.190. The molecule has 3 aromatic rings. The summed E-state index contributed by atoms with van der Waals surface area (Å²) in [5, 5.41) is 17.2. The molecule has 0 radical (unpaired) electrons. The van der Waals surface area contributed by atoms with Gasteiger partial charge in [-0.05, 0) is 35.5 Å². The Morgan fingerprint density at radius 2 is 2.00 bits per heavy atom. The molecule has 0 bridgehead atoms. The van der Waals surface area contributed by atoms with Crippen LogP contribution in [0.1, 0.15) is 10.5 Å². The maximum atomic E-state index is 12.9. The maximum absolute atomic E-state index is 12.9. The lowest BCUT2D eigenvalue weighted by atomic mass is 10.1. The molecule has 0 aliphatic carbocycles. The second-order valence-corrected chi connectivity index (χ2v) is 4.64. The molecule has 0 atom stereocenters. The Morgan fingerprint density at radius 1 is 1.21 bits per heavy atom. The smallest absolute Gasteiger partial charge is 0.272 e. The molecule has 0 saturated heterocycles. The summed E-state index contributed by atoms with van der Waals surface area (Å²) in [6.07, 6.45) is 1.19. The van der Waals surface area contributed by atoms with Gasteiger partial charge < -0.3 is 0 Å². The number of benzene rings is 1. The summed E-state index contributed by atoms with van der Waals surface area (Å²) in [6, 6.07) is 7.15. The van der Waals surface area contributed by atoms with E-state index < -0.39 is 11.8 Å². The highest BCUT2D eigenvalue weighted by molar-refractivity contribution is 5.94. The molecule has 0 spiro atoms. The minimum absolute atomic E-state index is 0.133.